The van der Waals surface area contributed by atoms with Crippen LogP contribution in [-0.2, 0) is 79.8 Å². The molecule has 24 nitrogen and oxygen atoms in total. The Morgan fingerprint density at radius 1 is 0.380 bits per heavy atom. The van der Waals surface area contributed by atoms with Crippen LogP contribution in [0.3, 0.4) is 0 Å². The van der Waals surface area contributed by atoms with Crippen molar-refractivity contribution < 1.29 is 110 Å². The number of hydrogen-bond donors (Lipinski definition) is 15. The SMILES string of the molecule is CN1C(=O)CCc2cc(Cc3cc([C@@H]4O[C@H](CO)[C@@H](O)[C@H](O)[C@H]4O)ccc3Cl)ccc21.CN1Cc2ccc(Cc3cc([C@@H]4O[C@H](CO)[C@@H](O)[C@H](O)[C@H]4O)ccc3Cl)cc2C1.Cc1ccc([C@@H]2O[C@H](C)[C@@H](O)[C@H](O)[C@H]2O)cc1Cc1ccc2c(c1)C1(CCO2)CC1.Cc1ccc([C@@H]2O[C@H](CO)[C@@H](O)[C@H](O)[C@H]2O)cc1Cc1ccc2c(c1)C1(CCO2)CC1. The van der Waals surface area contributed by atoms with E-state index in [4.69, 9.17) is 51.6 Å². The first-order valence-corrected chi connectivity index (χ1v) is 42.8. The first kappa shape index (κ1) is 88.5. The van der Waals surface area contributed by atoms with Gasteiger partial charge in [0.2, 0.25) is 5.91 Å². The highest BCUT2D eigenvalue weighted by molar-refractivity contribution is 6.31. The minimum atomic E-state index is -1.43. The Bertz CT molecular complexity index is 5020. The minimum absolute atomic E-state index is 0.107. The van der Waals surface area contributed by atoms with E-state index in [0.29, 0.717) is 57.7 Å². The lowest BCUT2D eigenvalue weighted by Gasteiger charge is -2.40. The van der Waals surface area contributed by atoms with Crippen LogP contribution in [0.5, 0.6) is 11.5 Å². The van der Waals surface area contributed by atoms with E-state index in [1.165, 1.54) is 64.6 Å². The third-order valence-corrected chi connectivity index (χ3v) is 27.3. The van der Waals surface area contributed by atoms with Crippen molar-refractivity contribution in [2.45, 2.75) is 244 Å². The van der Waals surface area contributed by atoms with Gasteiger partial charge in [0.1, 0.15) is 127 Å². The van der Waals surface area contributed by atoms with Crippen molar-refractivity contribution in [3.05, 3.63) is 261 Å². The molecule has 648 valence electrons. The van der Waals surface area contributed by atoms with Crippen molar-refractivity contribution in [3.8, 4) is 11.5 Å². The Balaban J connectivity index is 0.000000126. The van der Waals surface area contributed by atoms with E-state index < -0.39 is 142 Å². The Kier molecular flexibility index (Phi) is 27.1. The fourth-order valence-corrected chi connectivity index (χ4v) is 19.0. The molecule has 15 N–H and O–H groups in total. The van der Waals surface area contributed by atoms with Crippen molar-refractivity contribution in [2.24, 2.45) is 0 Å². The molecule has 10 aliphatic rings. The van der Waals surface area contributed by atoms with Crippen molar-refractivity contribution in [1.82, 2.24) is 4.90 Å². The van der Waals surface area contributed by atoms with Gasteiger partial charge in [-0.15, -0.1) is 0 Å². The van der Waals surface area contributed by atoms with Crippen LogP contribution in [0.2, 0.25) is 10.0 Å². The van der Waals surface area contributed by atoms with E-state index in [-0.39, 0.29) is 5.91 Å². The van der Waals surface area contributed by atoms with Crippen molar-refractivity contribution in [1.29, 1.82) is 0 Å². The third-order valence-electron chi connectivity index (χ3n) is 26.6. The average Bonchev–Trinajstić information content (AvgIpc) is 1.51. The predicted octanol–water partition coefficient (Wildman–Crippen LogP) is 7.60. The van der Waals surface area contributed by atoms with Gasteiger partial charge in [0.05, 0.1) is 39.1 Å². The molecule has 8 aliphatic heterocycles. The predicted molar refractivity (Wildman–Crippen MR) is 451 cm³/mol. The standard InChI is InChI=1S/C25H30O6.C25H30O5.C23H26ClNO6.C22H26ClNO5/c1-14-2-4-16(24-23(29)22(28)21(27)20(13-26)31-24)12-17(14)10-15-3-5-19-18(11-15)25(6-7-25)8-9-30-19;1-14-3-5-17(24-23(28)22(27)21(26)15(2)30-24)13-18(14)11-16-4-6-20-19(12-16)25(7-8-25)9-10-29-20;1-25-17-6-2-12(8-13(17)4-7-19(25)27)9-15-10-14(3-5-16(15)24)23-22(30)21(29)20(28)18(11-26)31-23;1-24-9-14-3-2-12(7-16(14)10-24)6-15-8-13(4-5-17(15)23)22-21(28)20(27)19(26)18(11-25)29-22/h2-5,11-12,20-24,26-29H,6-10,13H2,1H3;3-6,12-13,15,21-24,26-28H,7-11H2,1-2H3;2-3,5-6,8,10,18,20-23,26,28-30H,4,7,9,11H2,1H3;2-5,7-8,18-22,25-28H,6,9-11H2,1H3/t20-,21-,22+,23-,24+;15-,21-,22+,23-,24+;18-,20-,21+,22-,23+;18-,19-,20+,21-,22+/m1111/s1. The summed E-state index contributed by atoms with van der Waals surface area (Å²) in [6.45, 7) is 8.00. The monoisotopic (exact) mass is 1700 g/mol. The number of carbonyl (C=O) groups is 1. The Labute approximate surface area is 714 Å². The van der Waals surface area contributed by atoms with Crippen molar-refractivity contribution in [2.75, 3.05) is 52.0 Å². The first-order chi connectivity index (χ1) is 58.0. The maximum Gasteiger partial charge on any atom is 0.227 e. The third kappa shape index (κ3) is 18.7. The molecule has 2 saturated carbocycles. The van der Waals surface area contributed by atoms with Crippen LogP contribution in [0.15, 0.2) is 146 Å². The summed E-state index contributed by atoms with van der Waals surface area (Å²) in [5.74, 6) is 2.16. The van der Waals surface area contributed by atoms with Crippen molar-refractivity contribution >= 4 is 34.8 Å². The molecule has 2 aliphatic carbocycles. The fourth-order valence-electron chi connectivity index (χ4n) is 18.6. The van der Waals surface area contributed by atoms with Crippen LogP contribution < -0.4 is 14.4 Å². The second-order valence-corrected chi connectivity index (χ2v) is 35.7. The summed E-state index contributed by atoms with van der Waals surface area (Å²) in [6, 6.07) is 47.9. The number of fused-ring (bicyclic) bond motifs is 6. The normalized spacial score (nSPS) is 30.3. The molecule has 0 aromatic heterocycles. The number of aryl methyl sites for hydroxylation is 3. The lowest BCUT2D eigenvalue weighted by Crippen LogP contribution is -2.55. The molecule has 2 spiro atoms. The summed E-state index contributed by atoms with van der Waals surface area (Å²) in [4.78, 5) is 15.8. The van der Waals surface area contributed by atoms with Crippen LogP contribution in [0.25, 0.3) is 0 Å². The second-order valence-electron chi connectivity index (χ2n) is 34.9. The van der Waals surface area contributed by atoms with E-state index in [1.807, 2.05) is 54.6 Å². The molecular formula is C95H112Cl2N2O22. The van der Waals surface area contributed by atoms with Gasteiger partial charge in [-0.2, -0.15) is 0 Å². The van der Waals surface area contributed by atoms with Gasteiger partial charge in [0, 0.05) is 64.2 Å². The lowest BCUT2D eigenvalue weighted by molar-refractivity contribution is -0.231. The second kappa shape index (κ2) is 37.0. The highest BCUT2D eigenvalue weighted by Crippen LogP contribution is 2.58. The molecule has 8 aromatic rings. The number of carbonyl (C=O) groups excluding carboxylic acids is 1. The number of nitrogens with zero attached hydrogens (tertiary/aromatic N) is 2. The number of rotatable bonds is 15. The van der Waals surface area contributed by atoms with E-state index >= 15 is 0 Å². The van der Waals surface area contributed by atoms with E-state index in [0.717, 1.165) is 125 Å². The van der Waals surface area contributed by atoms with Gasteiger partial charge in [0.25, 0.3) is 0 Å². The topological polar surface area (TPSA) is 382 Å². The van der Waals surface area contributed by atoms with Crippen LogP contribution >= 0.6 is 23.2 Å². The number of aliphatic hydroxyl groups is 15. The highest BCUT2D eigenvalue weighted by Gasteiger charge is 2.51. The minimum Gasteiger partial charge on any atom is -0.493 e. The number of halogens is 2. The van der Waals surface area contributed by atoms with Gasteiger partial charge >= 0.3 is 0 Å². The summed E-state index contributed by atoms with van der Waals surface area (Å²) >= 11 is 12.9. The molecule has 8 aromatic carbocycles. The van der Waals surface area contributed by atoms with Gasteiger partial charge in [-0.05, 0) is 223 Å². The molecule has 20 atom stereocenters. The molecule has 4 saturated heterocycles. The average molecular weight is 1700 g/mol. The van der Waals surface area contributed by atoms with Crippen LogP contribution in [0, 0.1) is 13.8 Å². The summed E-state index contributed by atoms with van der Waals surface area (Å²) in [5.41, 5.74) is 21.7. The van der Waals surface area contributed by atoms with Crippen LogP contribution in [0.4, 0.5) is 5.69 Å². The van der Waals surface area contributed by atoms with Gasteiger partial charge in [-0.1, -0.05) is 138 Å². The number of amides is 1. The first-order valence-electron chi connectivity index (χ1n) is 42.0. The molecule has 0 radical (unpaired) electrons. The molecular weight excluding hydrogens is 1590 g/mol. The maximum absolute atomic E-state index is 11.9. The molecule has 26 heteroatoms. The summed E-state index contributed by atoms with van der Waals surface area (Å²) in [7, 11) is 3.88. The van der Waals surface area contributed by atoms with Crippen LogP contribution in [-0.4, -0.2) is 232 Å². The lowest BCUT2D eigenvalue weighted by atomic mass is 9.86. The molecule has 18 rings (SSSR count). The van der Waals surface area contributed by atoms with Crippen LogP contribution in [0.1, 0.15) is 182 Å². The van der Waals surface area contributed by atoms with Gasteiger partial charge < -0.3 is 110 Å². The number of ether oxygens (including phenoxy) is 6. The smallest absolute Gasteiger partial charge is 0.227 e. The zero-order valence-corrected chi connectivity index (χ0v) is 70.1. The maximum atomic E-state index is 11.9. The molecule has 121 heavy (non-hydrogen) atoms. The Hall–Kier alpha value is -7.39. The number of benzene rings is 8. The number of aliphatic hydroxyl groups excluding tert-OH is 15. The largest absolute Gasteiger partial charge is 0.493 e. The molecule has 6 fully saturated rings. The summed E-state index contributed by atoms with van der Waals surface area (Å²) in [5, 5.41) is 152. The quantitative estimate of drug-likeness (QED) is 0.0469. The summed E-state index contributed by atoms with van der Waals surface area (Å²) in [6.07, 6.45) is -11.3. The summed E-state index contributed by atoms with van der Waals surface area (Å²) < 4.78 is 34.7. The molecule has 0 unspecified atom stereocenters. The zero-order chi connectivity index (χ0) is 85.8. The Morgan fingerprint density at radius 3 is 1.17 bits per heavy atom. The molecule has 8 heterocycles. The Morgan fingerprint density at radius 2 is 0.744 bits per heavy atom. The number of anilines is 1. The van der Waals surface area contributed by atoms with Gasteiger partial charge in [-0.25, -0.2) is 0 Å². The van der Waals surface area contributed by atoms with Gasteiger partial charge in [0.15, 0.2) is 0 Å². The molecule has 0 bridgehead atoms. The van der Waals surface area contributed by atoms with E-state index in [9.17, 15) is 81.4 Å². The van der Waals surface area contributed by atoms with E-state index in [2.05, 4.69) is 92.5 Å². The number of hydrogen-bond acceptors (Lipinski definition) is 23. The zero-order valence-electron chi connectivity index (χ0n) is 68.6. The van der Waals surface area contributed by atoms with E-state index in [1.54, 1.807) is 43.1 Å². The fraction of sp³-hybridized carbons (Fsp3) is 0.484. The van der Waals surface area contributed by atoms with Crippen molar-refractivity contribution in [3.63, 3.8) is 0 Å². The van der Waals surface area contributed by atoms with Gasteiger partial charge in [-0.3, -0.25) is 9.69 Å². The highest BCUT2D eigenvalue weighted by atomic mass is 35.5. The molecule has 1 amide bonds.